The van der Waals surface area contributed by atoms with Gasteiger partial charge in [-0.25, -0.2) is 4.79 Å². The summed E-state index contributed by atoms with van der Waals surface area (Å²) in [4.78, 5) is 21.4. The number of methoxy groups -OCH3 is 1. The Hall–Kier alpha value is -1.58. The highest BCUT2D eigenvalue weighted by Crippen LogP contribution is 2.09. The van der Waals surface area contributed by atoms with E-state index in [-0.39, 0.29) is 5.97 Å². The fraction of sp³-hybridized carbons (Fsp3) is 0.400. The van der Waals surface area contributed by atoms with Crippen LogP contribution in [0.25, 0.3) is 0 Å². The van der Waals surface area contributed by atoms with Crippen LogP contribution in [-0.2, 0) is 23.0 Å². The molecule has 0 amide bonds. The molecule has 0 radical (unpaired) electrons. The Morgan fingerprint density at radius 2 is 2.36 bits per heavy atom. The van der Waals surface area contributed by atoms with Gasteiger partial charge in [0.25, 0.3) is 0 Å². The predicted molar refractivity (Wildman–Crippen MR) is 51.1 cm³/mol. The van der Waals surface area contributed by atoms with E-state index in [9.17, 15) is 9.59 Å². The zero-order valence-electron chi connectivity index (χ0n) is 8.32. The SMILES string of the molecule is COC(=O)c1cc(CCC=O)cn1C. The number of carbonyl (C=O) groups excluding carboxylic acids is 2. The van der Waals surface area contributed by atoms with Gasteiger partial charge in [0.2, 0.25) is 0 Å². The van der Waals surface area contributed by atoms with E-state index in [1.165, 1.54) is 7.11 Å². The first-order chi connectivity index (χ1) is 6.69. The number of aldehydes is 1. The molecular formula is C10H13NO3. The highest BCUT2D eigenvalue weighted by Gasteiger charge is 2.11. The number of esters is 1. The van der Waals surface area contributed by atoms with Crippen molar-refractivity contribution in [3.8, 4) is 0 Å². The van der Waals surface area contributed by atoms with Crippen molar-refractivity contribution < 1.29 is 14.3 Å². The largest absolute Gasteiger partial charge is 0.464 e. The van der Waals surface area contributed by atoms with Crippen LogP contribution in [0.4, 0.5) is 0 Å². The molecule has 0 aromatic carbocycles. The second-order valence-electron chi connectivity index (χ2n) is 3.04. The van der Waals surface area contributed by atoms with Gasteiger partial charge in [-0.05, 0) is 18.1 Å². The molecule has 0 aliphatic carbocycles. The first-order valence-electron chi connectivity index (χ1n) is 4.36. The lowest BCUT2D eigenvalue weighted by atomic mass is 10.2. The smallest absolute Gasteiger partial charge is 0.354 e. The van der Waals surface area contributed by atoms with Crippen molar-refractivity contribution in [2.75, 3.05) is 7.11 Å². The molecule has 1 heterocycles. The summed E-state index contributed by atoms with van der Waals surface area (Å²) in [7, 11) is 3.12. The van der Waals surface area contributed by atoms with E-state index in [0.717, 1.165) is 11.8 Å². The van der Waals surface area contributed by atoms with Gasteiger partial charge in [-0.3, -0.25) is 0 Å². The van der Waals surface area contributed by atoms with Gasteiger partial charge in [0.05, 0.1) is 7.11 Å². The van der Waals surface area contributed by atoms with Crippen molar-refractivity contribution in [3.63, 3.8) is 0 Å². The van der Waals surface area contributed by atoms with Crippen LogP contribution in [0.2, 0.25) is 0 Å². The van der Waals surface area contributed by atoms with Gasteiger partial charge >= 0.3 is 5.97 Å². The molecule has 1 aromatic heterocycles. The van der Waals surface area contributed by atoms with Crippen LogP contribution in [0.1, 0.15) is 22.5 Å². The van der Waals surface area contributed by atoms with E-state index in [1.54, 1.807) is 17.7 Å². The van der Waals surface area contributed by atoms with Crippen LogP contribution in [0.5, 0.6) is 0 Å². The Bertz CT molecular complexity index is 341. The summed E-state index contributed by atoms with van der Waals surface area (Å²) in [6, 6.07) is 1.75. The Labute approximate surface area is 82.5 Å². The van der Waals surface area contributed by atoms with E-state index in [4.69, 9.17) is 0 Å². The summed E-state index contributed by atoms with van der Waals surface area (Å²) >= 11 is 0. The van der Waals surface area contributed by atoms with Crippen LogP contribution < -0.4 is 0 Å². The molecule has 14 heavy (non-hydrogen) atoms. The molecule has 0 unspecified atom stereocenters. The number of rotatable bonds is 4. The van der Waals surface area contributed by atoms with Gasteiger partial charge in [-0.1, -0.05) is 0 Å². The average Bonchev–Trinajstić information content (AvgIpc) is 2.55. The molecule has 0 fully saturated rings. The summed E-state index contributed by atoms with van der Waals surface area (Å²) < 4.78 is 6.31. The minimum Gasteiger partial charge on any atom is -0.464 e. The zero-order chi connectivity index (χ0) is 10.6. The predicted octanol–water partition coefficient (Wildman–Crippen LogP) is 0.943. The minimum absolute atomic E-state index is 0.357. The maximum Gasteiger partial charge on any atom is 0.354 e. The van der Waals surface area contributed by atoms with Crippen LogP contribution >= 0.6 is 0 Å². The third-order valence-electron chi connectivity index (χ3n) is 2.01. The molecule has 1 aromatic rings. The number of aromatic nitrogens is 1. The average molecular weight is 195 g/mol. The summed E-state index contributed by atoms with van der Waals surface area (Å²) in [5.74, 6) is -0.357. The lowest BCUT2D eigenvalue weighted by molar-refractivity contribution is -0.107. The number of aryl methyl sites for hydroxylation is 2. The Balaban J connectivity index is 2.81. The maximum atomic E-state index is 11.2. The fourth-order valence-corrected chi connectivity index (χ4v) is 1.30. The molecule has 4 heteroatoms. The van der Waals surface area contributed by atoms with E-state index < -0.39 is 0 Å². The van der Waals surface area contributed by atoms with Crippen molar-refractivity contribution in [2.24, 2.45) is 7.05 Å². The van der Waals surface area contributed by atoms with E-state index in [2.05, 4.69) is 4.74 Å². The molecule has 0 aliphatic rings. The molecule has 76 valence electrons. The molecule has 1 rings (SSSR count). The molecule has 4 nitrogen and oxygen atoms in total. The Morgan fingerprint density at radius 3 is 2.93 bits per heavy atom. The maximum absolute atomic E-state index is 11.2. The summed E-state index contributed by atoms with van der Waals surface area (Å²) in [6.45, 7) is 0. The van der Waals surface area contributed by atoms with Gasteiger partial charge in [-0.2, -0.15) is 0 Å². The van der Waals surface area contributed by atoms with E-state index in [0.29, 0.717) is 18.5 Å². The lowest BCUT2D eigenvalue weighted by Crippen LogP contribution is -2.06. The molecule has 0 spiro atoms. The van der Waals surface area contributed by atoms with E-state index >= 15 is 0 Å². The van der Waals surface area contributed by atoms with Crippen molar-refractivity contribution in [1.82, 2.24) is 4.57 Å². The molecule has 0 saturated heterocycles. The molecular weight excluding hydrogens is 182 g/mol. The zero-order valence-corrected chi connectivity index (χ0v) is 8.32. The van der Waals surface area contributed by atoms with Gasteiger partial charge in [-0.15, -0.1) is 0 Å². The number of carbonyl (C=O) groups is 2. The molecule has 0 aliphatic heterocycles. The summed E-state index contributed by atoms with van der Waals surface area (Å²) in [5, 5.41) is 0. The normalized spacial score (nSPS) is 9.86. The summed E-state index contributed by atoms with van der Waals surface area (Å²) in [6.07, 6.45) is 3.83. The third-order valence-corrected chi connectivity index (χ3v) is 2.01. The van der Waals surface area contributed by atoms with Gasteiger partial charge in [0, 0.05) is 19.7 Å². The van der Waals surface area contributed by atoms with Gasteiger partial charge in [0.15, 0.2) is 0 Å². The van der Waals surface area contributed by atoms with Crippen molar-refractivity contribution in [3.05, 3.63) is 23.5 Å². The van der Waals surface area contributed by atoms with Crippen LogP contribution in [0.3, 0.4) is 0 Å². The highest BCUT2D eigenvalue weighted by atomic mass is 16.5. The number of hydrogen-bond acceptors (Lipinski definition) is 3. The summed E-state index contributed by atoms with van der Waals surface area (Å²) in [5.41, 5.74) is 1.48. The standard InChI is InChI=1S/C10H13NO3/c1-11-7-8(4-3-5-12)6-9(11)10(13)14-2/h5-7H,3-4H2,1-2H3. The topological polar surface area (TPSA) is 48.3 Å². The second-order valence-corrected chi connectivity index (χ2v) is 3.04. The van der Waals surface area contributed by atoms with Crippen LogP contribution in [-0.4, -0.2) is 23.9 Å². The minimum atomic E-state index is -0.357. The quantitative estimate of drug-likeness (QED) is 0.530. The number of ether oxygens (including phenoxy) is 1. The fourth-order valence-electron chi connectivity index (χ4n) is 1.30. The van der Waals surface area contributed by atoms with Gasteiger partial charge in [0.1, 0.15) is 12.0 Å². The lowest BCUT2D eigenvalue weighted by Gasteiger charge is -1.98. The van der Waals surface area contributed by atoms with Crippen molar-refractivity contribution >= 4 is 12.3 Å². The molecule has 0 N–H and O–H groups in total. The Kier molecular flexibility index (Phi) is 3.45. The first kappa shape index (κ1) is 10.5. The number of hydrogen-bond donors (Lipinski definition) is 0. The third kappa shape index (κ3) is 2.22. The molecule has 0 atom stereocenters. The Morgan fingerprint density at radius 1 is 1.64 bits per heavy atom. The monoisotopic (exact) mass is 195 g/mol. The second kappa shape index (κ2) is 4.60. The van der Waals surface area contributed by atoms with Gasteiger partial charge < -0.3 is 14.1 Å². The highest BCUT2D eigenvalue weighted by molar-refractivity contribution is 5.87. The van der Waals surface area contributed by atoms with E-state index in [1.807, 2.05) is 6.20 Å². The number of nitrogens with zero attached hydrogens (tertiary/aromatic N) is 1. The van der Waals surface area contributed by atoms with Crippen LogP contribution in [0.15, 0.2) is 12.3 Å². The van der Waals surface area contributed by atoms with Crippen molar-refractivity contribution in [2.45, 2.75) is 12.8 Å². The molecule has 0 bridgehead atoms. The first-order valence-corrected chi connectivity index (χ1v) is 4.36. The van der Waals surface area contributed by atoms with Crippen molar-refractivity contribution in [1.29, 1.82) is 0 Å². The molecule has 0 saturated carbocycles. The van der Waals surface area contributed by atoms with Crippen LogP contribution in [0, 0.1) is 0 Å².